The molecule has 0 saturated carbocycles. The molecule has 0 aromatic rings. The molecule has 0 aromatic carbocycles. The van der Waals surface area contributed by atoms with E-state index in [0.29, 0.717) is 0 Å². The summed E-state index contributed by atoms with van der Waals surface area (Å²) in [6, 6.07) is 0. The van der Waals surface area contributed by atoms with Crippen molar-refractivity contribution in [3.05, 3.63) is 6.92 Å². The predicted molar refractivity (Wildman–Crippen MR) is 38.7 cm³/mol. The van der Waals surface area contributed by atoms with Gasteiger partial charge in [-0.05, 0) is 5.92 Å². The molecule has 58 valence electrons. The Bertz CT molecular complexity index is 41.8. The maximum atomic E-state index is 3.78. The average molecular weight is 172 g/mol. The molecule has 0 N–H and O–H groups in total. The van der Waals surface area contributed by atoms with Gasteiger partial charge in [0.2, 0.25) is 0 Å². The van der Waals surface area contributed by atoms with Gasteiger partial charge < -0.3 is 0 Å². The molecule has 0 bridgehead atoms. The molecule has 0 amide bonds. The minimum Gasteiger partial charge on any atom is -0.0628 e. The molecule has 0 nitrogen and oxygen atoms in total. The average Bonchev–Trinajstić information content (AvgIpc) is 1.66. The van der Waals surface area contributed by atoms with E-state index < -0.39 is 0 Å². The second kappa shape index (κ2) is 8.51. The van der Waals surface area contributed by atoms with E-state index in [9.17, 15) is 0 Å². The molecule has 0 aromatic heterocycles. The van der Waals surface area contributed by atoms with E-state index in [1.54, 1.807) is 0 Å². The zero-order valence-corrected chi connectivity index (χ0v) is 7.49. The van der Waals surface area contributed by atoms with E-state index in [0.717, 1.165) is 12.3 Å². The van der Waals surface area contributed by atoms with Crippen molar-refractivity contribution in [3.63, 3.8) is 0 Å². The van der Waals surface area contributed by atoms with Crippen LogP contribution in [0, 0.1) is 12.8 Å². The molecule has 0 aliphatic heterocycles. The van der Waals surface area contributed by atoms with Crippen LogP contribution in [0.2, 0.25) is 0 Å². The van der Waals surface area contributed by atoms with Crippen LogP contribution in [0.4, 0.5) is 0 Å². The molecule has 1 heteroatoms. The number of hydrogen-bond acceptors (Lipinski definition) is 0. The summed E-state index contributed by atoms with van der Waals surface area (Å²) in [5.41, 5.74) is 0. The van der Waals surface area contributed by atoms with Gasteiger partial charge >= 0.3 is 0 Å². The Morgan fingerprint density at radius 2 is 1.78 bits per heavy atom. The first-order valence-corrected chi connectivity index (χ1v) is 3.56. The molecule has 0 fully saturated rings. The maximum absolute atomic E-state index is 3.78. The van der Waals surface area contributed by atoms with Gasteiger partial charge in [-0.25, -0.2) is 0 Å². The van der Waals surface area contributed by atoms with E-state index in [2.05, 4.69) is 20.8 Å². The van der Waals surface area contributed by atoms with Crippen LogP contribution in [0.15, 0.2) is 0 Å². The Hall–Kier alpha value is 0.506. The molecule has 2 radical (unpaired) electrons. The van der Waals surface area contributed by atoms with Crippen LogP contribution < -0.4 is 0 Å². The Morgan fingerprint density at radius 3 is 2.11 bits per heavy atom. The molecule has 0 saturated heterocycles. The van der Waals surface area contributed by atoms with Crippen molar-refractivity contribution in [1.29, 1.82) is 0 Å². The number of hydrogen-bond donors (Lipinski definition) is 0. The molecular formula is C8H17Co. The van der Waals surface area contributed by atoms with Gasteiger partial charge in [-0.3, -0.25) is 0 Å². The van der Waals surface area contributed by atoms with Crippen molar-refractivity contribution in [1.82, 2.24) is 0 Å². The van der Waals surface area contributed by atoms with Gasteiger partial charge in [0.15, 0.2) is 0 Å². The molecule has 0 rings (SSSR count). The first kappa shape index (κ1) is 12.2. The second-order valence-corrected chi connectivity index (χ2v) is 2.74. The molecular weight excluding hydrogens is 155 g/mol. The fraction of sp³-hybridized carbons (Fsp3) is 0.875. The van der Waals surface area contributed by atoms with Crippen molar-refractivity contribution >= 4 is 0 Å². The molecule has 9 heavy (non-hydrogen) atoms. The third-order valence-electron chi connectivity index (χ3n) is 1.28. The predicted octanol–water partition coefficient (Wildman–Crippen LogP) is 3.03. The fourth-order valence-electron chi connectivity index (χ4n) is 0.729. The minimum atomic E-state index is 0. The summed E-state index contributed by atoms with van der Waals surface area (Å²) in [7, 11) is 0. The number of rotatable bonds is 4. The van der Waals surface area contributed by atoms with Gasteiger partial charge in [-0.2, -0.15) is 0 Å². The summed E-state index contributed by atoms with van der Waals surface area (Å²) in [5.74, 6) is 0.876. The van der Waals surface area contributed by atoms with E-state index in [4.69, 9.17) is 0 Å². The van der Waals surface area contributed by atoms with Gasteiger partial charge in [0.1, 0.15) is 0 Å². The van der Waals surface area contributed by atoms with Gasteiger partial charge in [0.25, 0.3) is 0 Å². The molecule has 0 spiro atoms. The maximum Gasteiger partial charge on any atom is 0 e. The van der Waals surface area contributed by atoms with Crippen molar-refractivity contribution < 1.29 is 16.8 Å². The van der Waals surface area contributed by atoms with Crippen LogP contribution in [0.1, 0.15) is 39.5 Å². The van der Waals surface area contributed by atoms with Gasteiger partial charge in [0, 0.05) is 16.8 Å². The second-order valence-electron chi connectivity index (χ2n) is 2.74. The van der Waals surface area contributed by atoms with Crippen LogP contribution >= 0.6 is 0 Å². The van der Waals surface area contributed by atoms with E-state index in [-0.39, 0.29) is 16.8 Å². The quantitative estimate of drug-likeness (QED) is 0.572. The molecule has 0 heterocycles. The van der Waals surface area contributed by atoms with E-state index in [1.807, 2.05) is 0 Å². The zero-order valence-electron chi connectivity index (χ0n) is 6.45. The standard InChI is InChI=1S/C8H17.Co/c1-4-5-6-7-8(2)3;/h8H,1,4-7H2,2-3H3;. The summed E-state index contributed by atoms with van der Waals surface area (Å²) in [6.45, 7) is 8.32. The molecule has 0 atom stereocenters. The summed E-state index contributed by atoms with van der Waals surface area (Å²) in [5, 5.41) is 0. The monoisotopic (exact) mass is 172 g/mol. The minimum absolute atomic E-state index is 0. The third-order valence-corrected chi connectivity index (χ3v) is 1.28. The normalized spacial score (nSPS) is 9.33. The summed E-state index contributed by atoms with van der Waals surface area (Å²) in [4.78, 5) is 0. The van der Waals surface area contributed by atoms with Crippen LogP contribution in [0.25, 0.3) is 0 Å². The number of unbranched alkanes of at least 4 members (excludes halogenated alkanes) is 2. The Labute approximate surface area is 69.6 Å². The summed E-state index contributed by atoms with van der Waals surface area (Å²) >= 11 is 0. The van der Waals surface area contributed by atoms with Crippen LogP contribution in [-0.2, 0) is 16.8 Å². The van der Waals surface area contributed by atoms with Crippen LogP contribution in [-0.4, -0.2) is 0 Å². The largest absolute Gasteiger partial charge is 0.0628 e. The summed E-state index contributed by atoms with van der Waals surface area (Å²) in [6.07, 6.45) is 5.14. The summed E-state index contributed by atoms with van der Waals surface area (Å²) < 4.78 is 0. The topological polar surface area (TPSA) is 0 Å². The van der Waals surface area contributed by atoms with Crippen molar-refractivity contribution in [2.45, 2.75) is 39.5 Å². The van der Waals surface area contributed by atoms with E-state index >= 15 is 0 Å². The van der Waals surface area contributed by atoms with Crippen LogP contribution in [0.5, 0.6) is 0 Å². The molecule has 0 aliphatic rings. The first-order chi connectivity index (χ1) is 3.77. The van der Waals surface area contributed by atoms with Crippen molar-refractivity contribution in [2.75, 3.05) is 0 Å². The van der Waals surface area contributed by atoms with Crippen LogP contribution in [0.3, 0.4) is 0 Å². The Balaban J connectivity index is 0. The van der Waals surface area contributed by atoms with Crippen molar-refractivity contribution in [2.24, 2.45) is 5.92 Å². The van der Waals surface area contributed by atoms with Gasteiger partial charge in [0.05, 0.1) is 0 Å². The Morgan fingerprint density at radius 1 is 1.22 bits per heavy atom. The SMILES string of the molecule is [CH2]CCCCC(C)C.[Co]. The molecule has 0 unspecified atom stereocenters. The first-order valence-electron chi connectivity index (χ1n) is 3.56. The third kappa shape index (κ3) is 11.9. The van der Waals surface area contributed by atoms with E-state index in [1.165, 1.54) is 19.3 Å². The fourth-order valence-corrected chi connectivity index (χ4v) is 0.729. The molecule has 0 aliphatic carbocycles. The zero-order chi connectivity index (χ0) is 6.41. The van der Waals surface area contributed by atoms with Gasteiger partial charge in [-0.1, -0.05) is 46.5 Å². The van der Waals surface area contributed by atoms with Crippen molar-refractivity contribution in [3.8, 4) is 0 Å². The van der Waals surface area contributed by atoms with Gasteiger partial charge in [-0.15, -0.1) is 0 Å². The smallest absolute Gasteiger partial charge is 0 e. The Kier molecular flexibility index (Phi) is 11.5.